The van der Waals surface area contributed by atoms with Crippen LogP contribution < -0.4 is 10.1 Å². The highest BCUT2D eigenvalue weighted by atomic mass is 16.5. The van der Waals surface area contributed by atoms with Crippen molar-refractivity contribution in [1.29, 1.82) is 0 Å². The first-order valence-corrected chi connectivity index (χ1v) is 7.10. The molecule has 0 bridgehead atoms. The van der Waals surface area contributed by atoms with Gasteiger partial charge in [0.15, 0.2) is 18.2 Å². The Balaban J connectivity index is 1.93. The standard InChI is InChI=1S/C18H17NO4/c1-12(20)14-5-9-17(10-6-14)23-11-18(22)15-3-7-16(8-4-15)19-13(2)21/h3-10H,11H2,1-2H3,(H,19,21). The maximum Gasteiger partial charge on any atom is 0.221 e. The lowest BCUT2D eigenvalue weighted by molar-refractivity contribution is -0.114. The Morgan fingerprint density at radius 3 is 1.96 bits per heavy atom. The normalized spacial score (nSPS) is 10.0. The average molecular weight is 311 g/mol. The lowest BCUT2D eigenvalue weighted by Gasteiger charge is -2.07. The third-order valence-electron chi connectivity index (χ3n) is 3.16. The molecule has 0 heterocycles. The van der Waals surface area contributed by atoms with Crippen molar-refractivity contribution in [1.82, 2.24) is 0 Å². The van der Waals surface area contributed by atoms with Crippen molar-refractivity contribution in [2.24, 2.45) is 0 Å². The van der Waals surface area contributed by atoms with E-state index in [4.69, 9.17) is 4.74 Å². The highest BCUT2D eigenvalue weighted by molar-refractivity contribution is 5.98. The summed E-state index contributed by atoms with van der Waals surface area (Å²) in [5.74, 6) is 0.168. The summed E-state index contributed by atoms with van der Waals surface area (Å²) in [4.78, 5) is 34.2. The summed E-state index contributed by atoms with van der Waals surface area (Å²) in [5, 5.41) is 2.63. The smallest absolute Gasteiger partial charge is 0.221 e. The van der Waals surface area contributed by atoms with Crippen LogP contribution in [0.25, 0.3) is 0 Å². The topological polar surface area (TPSA) is 72.5 Å². The van der Waals surface area contributed by atoms with Crippen LogP contribution in [0.4, 0.5) is 5.69 Å². The number of carbonyl (C=O) groups excluding carboxylic acids is 3. The fourth-order valence-electron chi connectivity index (χ4n) is 1.96. The monoisotopic (exact) mass is 311 g/mol. The molecule has 0 spiro atoms. The summed E-state index contributed by atoms with van der Waals surface area (Å²) in [6.07, 6.45) is 0. The lowest BCUT2D eigenvalue weighted by atomic mass is 10.1. The van der Waals surface area contributed by atoms with Gasteiger partial charge in [0.1, 0.15) is 5.75 Å². The van der Waals surface area contributed by atoms with Crippen LogP contribution in [-0.2, 0) is 4.79 Å². The summed E-state index contributed by atoms with van der Waals surface area (Å²) in [6.45, 7) is 2.81. The largest absolute Gasteiger partial charge is 0.485 e. The van der Waals surface area contributed by atoms with Crippen LogP contribution in [-0.4, -0.2) is 24.1 Å². The van der Waals surface area contributed by atoms with E-state index in [1.807, 2.05) is 0 Å². The van der Waals surface area contributed by atoms with Crippen LogP contribution in [0.1, 0.15) is 34.6 Å². The summed E-state index contributed by atoms with van der Waals surface area (Å²) >= 11 is 0. The first-order chi connectivity index (χ1) is 11.0. The molecule has 0 aliphatic rings. The summed E-state index contributed by atoms with van der Waals surface area (Å²) in [7, 11) is 0. The molecule has 2 rings (SSSR count). The molecule has 0 unspecified atom stereocenters. The quantitative estimate of drug-likeness (QED) is 0.832. The fourth-order valence-corrected chi connectivity index (χ4v) is 1.96. The third kappa shape index (κ3) is 4.78. The van der Waals surface area contributed by atoms with Crippen LogP contribution in [0, 0.1) is 0 Å². The van der Waals surface area contributed by atoms with Crippen LogP contribution >= 0.6 is 0 Å². The first-order valence-electron chi connectivity index (χ1n) is 7.10. The lowest BCUT2D eigenvalue weighted by Crippen LogP contribution is -2.12. The van der Waals surface area contributed by atoms with E-state index in [1.54, 1.807) is 48.5 Å². The molecule has 5 heteroatoms. The second-order valence-corrected chi connectivity index (χ2v) is 5.05. The molecule has 0 aliphatic carbocycles. The summed E-state index contributed by atoms with van der Waals surface area (Å²) in [5.41, 5.74) is 1.73. The minimum atomic E-state index is -0.171. The van der Waals surface area contributed by atoms with Crippen molar-refractivity contribution in [2.45, 2.75) is 13.8 Å². The predicted molar refractivity (Wildman–Crippen MR) is 87.0 cm³/mol. The molecule has 23 heavy (non-hydrogen) atoms. The van der Waals surface area contributed by atoms with Gasteiger partial charge in [0, 0.05) is 23.7 Å². The minimum Gasteiger partial charge on any atom is -0.485 e. The molecule has 2 aromatic carbocycles. The average Bonchev–Trinajstić information content (AvgIpc) is 2.53. The number of rotatable bonds is 6. The molecule has 0 atom stereocenters. The van der Waals surface area contributed by atoms with Crippen LogP contribution in [0.3, 0.4) is 0 Å². The van der Waals surface area contributed by atoms with Crippen molar-refractivity contribution in [3.05, 3.63) is 59.7 Å². The first kappa shape index (κ1) is 16.4. The Morgan fingerprint density at radius 2 is 1.43 bits per heavy atom. The van der Waals surface area contributed by atoms with Crippen LogP contribution in [0.2, 0.25) is 0 Å². The molecule has 5 nitrogen and oxygen atoms in total. The predicted octanol–water partition coefficient (Wildman–Crippen LogP) is 3.11. The number of amides is 1. The van der Waals surface area contributed by atoms with E-state index in [-0.39, 0.29) is 24.1 Å². The van der Waals surface area contributed by atoms with Crippen molar-refractivity contribution in [3.8, 4) is 5.75 Å². The minimum absolute atomic E-state index is 0.0214. The Hall–Kier alpha value is -2.95. The van der Waals surface area contributed by atoms with Crippen molar-refractivity contribution in [2.75, 3.05) is 11.9 Å². The van der Waals surface area contributed by atoms with E-state index in [0.717, 1.165) is 0 Å². The van der Waals surface area contributed by atoms with Crippen molar-refractivity contribution in [3.63, 3.8) is 0 Å². The fraction of sp³-hybridized carbons (Fsp3) is 0.167. The molecular weight excluding hydrogens is 294 g/mol. The number of hydrogen-bond donors (Lipinski definition) is 1. The Kier molecular flexibility index (Phi) is 5.25. The van der Waals surface area contributed by atoms with Gasteiger partial charge in [0.05, 0.1) is 0 Å². The Morgan fingerprint density at radius 1 is 0.870 bits per heavy atom. The zero-order valence-electron chi connectivity index (χ0n) is 13.0. The number of Topliss-reactive ketones (excluding diaryl/α,β-unsaturated/α-hetero) is 2. The number of carbonyl (C=O) groups is 3. The van der Waals surface area contributed by atoms with Gasteiger partial charge in [0.2, 0.25) is 5.91 Å². The molecule has 1 amide bonds. The molecule has 2 aromatic rings. The van der Waals surface area contributed by atoms with Crippen molar-refractivity contribution >= 4 is 23.2 Å². The van der Waals surface area contributed by atoms with Gasteiger partial charge in [-0.3, -0.25) is 14.4 Å². The van der Waals surface area contributed by atoms with Gasteiger partial charge in [-0.2, -0.15) is 0 Å². The van der Waals surface area contributed by atoms with Gasteiger partial charge in [-0.25, -0.2) is 0 Å². The maximum absolute atomic E-state index is 12.1. The highest BCUT2D eigenvalue weighted by Crippen LogP contribution is 2.14. The molecule has 0 radical (unpaired) electrons. The zero-order valence-corrected chi connectivity index (χ0v) is 13.0. The van der Waals surface area contributed by atoms with Crippen LogP contribution in [0.5, 0.6) is 5.75 Å². The number of nitrogens with one attached hydrogen (secondary N) is 1. The van der Waals surface area contributed by atoms with Crippen molar-refractivity contribution < 1.29 is 19.1 Å². The maximum atomic E-state index is 12.1. The van der Waals surface area contributed by atoms with Gasteiger partial charge in [0.25, 0.3) is 0 Å². The summed E-state index contributed by atoms with van der Waals surface area (Å²) < 4.78 is 5.42. The van der Waals surface area contributed by atoms with E-state index < -0.39 is 0 Å². The molecule has 118 valence electrons. The molecule has 0 fully saturated rings. The van der Waals surface area contributed by atoms with Gasteiger partial charge in [-0.05, 0) is 55.5 Å². The van der Waals surface area contributed by atoms with E-state index in [0.29, 0.717) is 22.6 Å². The Labute approximate surface area is 134 Å². The number of ether oxygens (including phenoxy) is 1. The molecule has 0 saturated carbocycles. The van der Waals surface area contributed by atoms with Gasteiger partial charge in [-0.1, -0.05) is 0 Å². The number of hydrogen-bond acceptors (Lipinski definition) is 4. The van der Waals surface area contributed by atoms with E-state index >= 15 is 0 Å². The SMILES string of the molecule is CC(=O)Nc1ccc(C(=O)COc2ccc(C(C)=O)cc2)cc1. The molecule has 1 N–H and O–H groups in total. The molecule has 0 aromatic heterocycles. The van der Waals surface area contributed by atoms with E-state index in [1.165, 1.54) is 13.8 Å². The Bertz CT molecular complexity index is 718. The highest BCUT2D eigenvalue weighted by Gasteiger charge is 2.08. The van der Waals surface area contributed by atoms with Gasteiger partial charge >= 0.3 is 0 Å². The van der Waals surface area contributed by atoms with Gasteiger partial charge < -0.3 is 10.1 Å². The molecule has 0 saturated heterocycles. The number of ketones is 2. The van der Waals surface area contributed by atoms with Crippen LogP contribution in [0.15, 0.2) is 48.5 Å². The molecule has 0 aliphatic heterocycles. The van der Waals surface area contributed by atoms with E-state index in [9.17, 15) is 14.4 Å². The second kappa shape index (κ2) is 7.35. The zero-order chi connectivity index (χ0) is 16.8. The second-order valence-electron chi connectivity index (χ2n) is 5.05. The number of benzene rings is 2. The van der Waals surface area contributed by atoms with E-state index in [2.05, 4.69) is 5.32 Å². The summed E-state index contributed by atoms with van der Waals surface area (Å²) in [6, 6.07) is 13.2. The molecular formula is C18H17NO4. The van der Waals surface area contributed by atoms with Gasteiger partial charge in [-0.15, -0.1) is 0 Å². The third-order valence-corrected chi connectivity index (χ3v) is 3.16. The number of anilines is 1.